The molecule has 0 radical (unpaired) electrons. The number of ether oxygens (including phenoxy) is 1. The smallest absolute Gasteiger partial charge is 0.251 e. The van der Waals surface area contributed by atoms with Crippen LogP contribution in [0.1, 0.15) is 21.5 Å². The maximum Gasteiger partial charge on any atom is 0.251 e. The molecule has 1 aromatic heterocycles. The van der Waals surface area contributed by atoms with E-state index in [-0.39, 0.29) is 5.91 Å². The molecule has 0 unspecified atom stereocenters. The van der Waals surface area contributed by atoms with Gasteiger partial charge < -0.3 is 10.1 Å². The average molecular weight is 268 g/mol. The SMILES string of the molecule is CNC(=O)c1ccc(/C=C/c2cccnc2OC)cc1. The zero-order valence-corrected chi connectivity index (χ0v) is 11.5. The van der Waals surface area contributed by atoms with E-state index in [0.717, 1.165) is 11.1 Å². The lowest BCUT2D eigenvalue weighted by Crippen LogP contribution is -2.17. The van der Waals surface area contributed by atoms with Crippen molar-refractivity contribution in [2.75, 3.05) is 14.2 Å². The lowest BCUT2D eigenvalue weighted by atomic mass is 10.1. The molecule has 2 aromatic rings. The maximum absolute atomic E-state index is 11.4. The molecule has 1 amide bonds. The molecule has 0 aliphatic rings. The van der Waals surface area contributed by atoms with Crippen LogP contribution in [-0.2, 0) is 0 Å². The normalized spacial score (nSPS) is 10.5. The fourth-order valence-corrected chi connectivity index (χ4v) is 1.78. The van der Waals surface area contributed by atoms with E-state index >= 15 is 0 Å². The van der Waals surface area contributed by atoms with Gasteiger partial charge in [-0.1, -0.05) is 18.2 Å². The van der Waals surface area contributed by atoms with E-state index in [0.29, 0.717) is 11.4 Å². The van der Waals surface area contributed by atoms with Crippen molar-refractivity contribution in [1.82, 2.24) is 10.3 Å². The van der Waals surface area contributed by atoms with Crippen molar-refractivity contribution in [3.63, 3.8) is 0 Å². The third kappa shape index (κ3) is 3.23. The number of benzene rings is 1. The Bertz CT molecular complexity index is 619. The Kier molecular flexibility index (Phi) is 4.50. The molecule has 1 N–H and O–H groups in total. The van der Waals surface area contributed by atoms with Crippen LogP contribution in [0.15, 0.2) is 42.6 Å². The molecule has 20 heavy (non-hydrogen) atoms. The number of aromatic nitrogens is 1. The van der Waals surface area contributed by atoms with E-state index in [2.05, 4.69) is 10.3 Å². The van der Waals surface area contributed by atoms with Crippen LogP contribution in [0, 0.1) is 0 Å². The van der Waals surface area contributed by atoms with Gasteiger partial charge in [-0.2, -0.15) is 0 Å². The van der Waals surface area contributed by atoms with Crippen LogP contribution in [-0.4, -0.2) is 25.0 Å². The summed E-state index contributed by atoms with van der Waals surface area (Å²) in [5.74, 6) is 0.500. The molecular weight excluding hydrogens is 252 g/mol. The van der Waals surface area contributed by atoms with Gasteiger partial charge in [-0.15, -0.1) is 0 Å². The minimum Gasteiger partial charge on any atom is -0.481 e. The summed E-state index contributed by atoms with van der Waals surface area (Å²) >= 11 is 0. The first-order valence-corrected chi connectivity index (χ1v) is 6.24. The zero-order chi connectivity index (χ0) is 14.4. The summed E-state index contributed by atoms with van der Waals surface area (Å²) < 4.78 is 5.18. The number of nitrogens with one attached hydrogen (secondary N) is 1. The Hall–Kier alpha value is -2.62. The van der Waals surface area contributed by atoms with E-state index in [4.69, 9.17) is 4.74 Å². The zero-order valence-electron chi connectivity index (χ0n) is 11.5. The molecule has 102 valence electrons. The summed E-state index contributed by atoms with van der Waals surface area (Å²) in [5, 5.41) is 2.59. The van der Waals surface area contributed by atoms with E-state index < -0.39 is 0 Å². The van der Waals surface area contributed by atoms with Crippen LogP contribution in [0.4, 0.5) is 0 Å². The Balaban J connectivity index is 2.17. The van der Waals surface area contributed by atoms with Gasteiger partial charge in [-0.05, 0) is 35.9 Å². The topological polar surface area (TPSA) is 51.2 Å². The summed E-state index contributed by atoms with van der Waals surface area (Å²) in [6, 6.07) is 11.2. The number of carbonyl (C=O) groups excluding carboxylic acids is 1. The molecule has 0 saturated heterocycles. The molecule has 0 spiro atoms. The van der Waals surface area contributed by atoms with E-state index in [1.807, 2.05) is 36.4 Å². The van der Waals surface area contributed by atoms with Gasteiger partial charge >= 0.3 is 0 Å². The molecule has 0 aliphatic heterocycles. The molecule has 0 bridgehead atoms. The van der Waals surface area contributed by atoms with Crippen molar-refractivity contribution in [3.05, 3.63) is 59.3 Å². The minimum absolute atomic E-state index is 0.0885. The predicted octanol–water partition coefficient (Wildman–Crippen LogP) is 2.62. The molecule has 0 fully saturated rings. The highest BCUT2D eigenvalue weighted by Crippen LogP contribution is 2.17. The third-order valence-corrected chi connectivity index (χ3v) is 2.85. The van der Waals surface area contributed by atoms with Gasteiger partial charge in [0, 0.05) is 24.4 Å². The Morgan fingerprint density at radius 2 is 1.95 bits per heavy atom. The Labute approximate surface area is 118 Å². The molecule has 2 rings (SSSR count). The van der Waals surface area contributed by atoms with Gasteiger partial charge in [0.15, 0.2) is 0 Å². The molecule has 4 nitrogen and oxygen atoms in total. The van der Waals surface area contributed by atoms with E-state index in [1.165, 1.54) is 0 Å². The fraction of sp³-hybridized carbons (Fsp3) is 0.125. The van der Waals surface area contributed by atoms with Crippen LogP contribution in [0.5, 0.6) is 5.88 Å². The largest absolute Gasteiger partial charge is 0.481 e. The van der Waals surface area contributed by atoms with Gasteiger partial charge in [0.25, 0.3) is 5.91 Å². The fourth-order valence-electron chi connectivity index (χ4n) is 1.78. The second kappa shape index (κ2) is 6.52. The first-order valence-electron chi connectivity index (χ1n) is 6.24. The number of nitrogens with zero attached hydrogens (tertiary/aromatic N) is 1. The number of carbonyl (C=O) groups is 1. The monoisotopic (exact) mass is 268 g/mol. The highest BCUT2D eigenvalue weighted by molar-refractivity contribution is 5.94. The number of amides is 1. The quantitative estimate of drug-likeness (QED) is 0.927. The first-order chi connectivity index (χ1) is 9.74. The van der Waals surface area contributed by atoms with Crippen molar-refractivity contribution in [3.8, 4) is 5.88 Å². The molecule has 1 aromatic carbocycles. The van der Waals surface area contributed by atoms with Crippen LogP contribution in [0.3, 0.4) is 0 Å². The van der Waals surface area contributed by atoms with Crippen LogP contribution >= 0.6 is 0 Å². The molecule has 1 heterocycles. The van der Waals surface area contributed by atoms with Gasteiger partial charge in [0.2, 0.25) is 5.88 Å². The van der Waals surface area contributed by atoms with Gasteiger partial charge in [0.05, 0.1) is 7.11 Å². The highest BCUT2D eigenvalue weighted by atomic mass is 16.5. The van der Waals surface area contributed by atoms with Crippen molar-refractivity contribution in [2.24, 2.45) is 0 Å². The minimum atomic E-state index is -0.0885. The van der Waals surface area contributed by atoms with Gasteiger partial charge in [-0.3, -0.25) is 4.79 Å². The summed E-state index contributed by atoms with van der Waals surface area (Å²) in [5.41, 5.74) is 2.55. The first kappa shape index (κ1) is 13.8. The number of hydrogen-bond acceptors (Lipinski definition) is 3. The number of methoxy groups -OCH3 is 1. The van der Waals surface area contributed by atoms with Crippen molar-refractivity contribution < 1.29 is 9.53 Å². The highest BCUT2D eigenvalue weighted by Gasteiger charge is 2.01. The van der Waals surface area contributed by atoms with Gasteiger partial charge in [0.1, 0.15) is 0 Å². The lowest BCUT2D eigenvalue weighted by molar-refractivity contribution is 0.0963. The number of rotatable bonds is 4. The van der Waals surface area contributed by atoms with Crippen molar-refractivity contribution >= 4 is 18.1 Å². The average Bonchev–Trinajstić information content (AvgIpc) is 2.53. The summed E-state index contributed by atoms with van der Waals surface area (Å²) in [4.78, 5) is 15.6. The van der Waals surface area contributed by atoms with Crippen molar-refractivity contribution in [1.29, 1.82) is 0 Å². The second-order valence-corrected chi connectivity index (χ2v) is 4.14. The summed E-state index contributed by atoms with van der Waals surface area (Å²) in [6.45, 7) is 0. The van der Waals surface area contributed by atoms with Crippen LogP contribution < -0.4 is 10.1 Å². The summed E-state index contributed by atoms with van der Waals surface area (Å²) in [7, 11) is 3.21. The van der Waals surface area contributed by atoms with Crippen molar-refractivity contribution in [2.45, 2.75) is 0 Å². The third-order valence-electron chi connectivity index (χ3n) is 2.85. The predicted molar refractivity (Wildman–Crippen MR) is 79.5 cm³/mol. The van der Waals surface area contributed by atoms with Gasteiger partial charge in [-0.25, -0.2) is 4.98 Å². The van der Waals surface area contributed by atoms with Crippen LogP contribution in [0.2, 0.25) is 0 Å². The molecule has 0 atom stereocenters. The molecule has 4 heteroatoms. The van der Waals surface area contributed by atoms with E-state index in [9.17, 15) is 4.79 Å². The standard InChI is InChI=1S/C16H16N2O2/c1-17-15(19)13-8-5-12(6-9-13)7-10-14-4-3-11-18-16(14)20-2/h3-11H,1-2H3,(H,17,19)/b10-7+. The second-order valence-electron chi connectivity index (χ2n) is 4.14. The lowest BCUT2D eigenvalue weighted by Gasteiger charge is -2.02. The Morgan fingerprint density at radius 1 is 1.20 bits per heavy atom. The number of hydrogen-bond donors (Lipinski definition) is 1. The molecular formula is C16H16N2O2. The Morgan fingerprint density at radius 3 is 2.60 bits per heavy atom. The van der Waals surface area contributed by atoms with Crippen LogP contribution in [0.25, 0.3) is 12.2 Å². The summed E-state index contributed by atoms with van der Waals surface area (Å²) in [6.07, 6.45) is 5.57. The molecule has 0 saturated carbocycles. The maximum atomic E-state index is 11.4. The number of pyridine rings is 1. The molecule has 0 aliphatic carbocycles. The van der Waals surface area contributed by atoms with E-state index in [1.54, 1.807) is 32.5 Å².